The molecule has 0 unspecified atom stereocenters. The fourth-order valence-electron chi connectivity index (χ4n) is 4.02. The van der Waals surface area contributed by atoms with E-state index in [1.165, 1.54) is 11.1 Å². The Labute approximate surface area is 158 Å². The van der Waals surface area contributed by atoms with Crippen molar-refractivity contribution < 1.29 is 8.68 Å². The third-order valence-electron chi connectivity index (χ3n) is 5.76. The van der Waals surface area contributed by atoms with E-state index in [-0.39, 0.29) is 5.41 Å². The van der Waals surface area contributed by atoms with E-state index in [0.29, 0.717) is 0 Å². The van der Waals surface area contributed by atoms with Crippen LogP contribution in [0.1, 0.15) is 80.5 Å². The molecule has 1 heteroatoms. The van der Waals surface area contributed by atoms with Gasteiger partial charge >= 0.3 is 0 Å². The van der Waals surface area contributed by atoms with Gasteiger partial charge in [0.1, 0.15) is 7.05 Å². The summed E-state index contributed by atoms with van der Waals surface area (Å²) >= 11 is 0. The zero-order valence-corrected chi connectivity index (χ0v) is 16.4. The Morgan fingerprint density at radius 1 is 1.04 bits per heavy atom. The van der Waals surface area contributed by atoms with Crippen molar-refractivity contribution in [2.45, 2.75) is 77.5 Å². The van der Waals surface area contributed by atoms with Crippen LogP contribution in [0.25, 0.3) is 11.3 Å². The van der Waals surface area contributed by atoms with Crippen molar-refractivity contribution in [3.05, 3.63) is 53.2 Å². The van der Waals surface area contributed by atoms with Crippen molar-refractivity contribution in [2.75, 3.05) is 0 Å². The van der Waals surface area contributed by atoms with Gasteiger partial charge in [-0.2, -0.15) is 0 Å². The Bertz CT molecular complexity index is 853. The molecule has 0 amide bonds. The maximum atomic E-state index is 8.25. The van der Waals surface area contributed by atoms with Gasteiger partial charge in [-0.3, -0.25) is 0 Å². The van der Waals surface area contributed by atoms with E-state index in [1.807, 2.05) is 0 Å². The van der Waals surface area contributed by atoms with E-state index in [0.717, 1.165) is 48.9 Å². The standard InChI is InChI=1S/C24H34N/c1-18-16-19(24(5)14-8-7-9-15-24)10-12-21(18)22-13-11-20(17-25(22)6)23(2,3)4/h10-13,16-17H,7-9,14-15H2,1-6H3/q+1/i5D3. The Morgan fingerprint density at radius 3 is 2.32 bits per heavy atom. The van der Waals surface area contributed by atoms with Crippen molar-refractivity contribution in [1.82, 2.24) is 0 Å². The minimum absolute atomic E-state index is 0.113. The second-order valence-electron chi connectivity index (χ2n) is 8.84. The maximum Gasteiger partial charge on any atom is 0.212 e. The minimum atomic E-state index is -1.96. The number of hydrogen-bond acceptors (Lipinski definition) is 0. The highest BCUT2D eigenvalue weighted by Crippen LogP contribution is 2.40. The molecule has 25 heavy (non-hydrogen) atoms. The molecule has 1 heterocycles. The SMILES string of the molecule is [2H]C([2H])([2H])C1(c2ccc(-c3ccc(C(C)(C)C)c[n+]3C)c(C)c2)CCCCC1. The average Bonchev–Trinajstić information content (AvgIpc) is 2.61. The molecule has 0 atom stereocenters. The smallest absolute Gasteiger partial charge is 0.201 e. The predicted molar refractivity (Wildman–Crippen MR) is 107 cm³/mol. The molecule has 0 radical (unpaired) electrons. The van der Waals surface area contributed by atoms with E-state index in [4.69, 9.17) is 4.11 Å². The van der Waals surface area contributed by atoms with Gasteiger partial charge in [0.05, 0.1) is 0 Å². The number of benzene rings is 1. The van der Waals surface area contributed by atoms with Gasteiger partial charge in [-0.15, -0.1) is 0 Å². The molecule has 1 nitrogen and oxygen atoms in total. The monoisotopic (exact) mass is 339 g/mol. The van der Waals surface area contributed by atoms with Gasteiger partial charge in [-0.25, -0.2) is 4.57 Å². The number of hydrogen-bond donors (Lipinski definition) is 0. The summed E-state index contributed by atoms with van der Waals surface area (Å²) in [7, 11) is 2.09. The van der Waals surface area contributed by atoms with Crippen LogP contribution in [0.15, 0.2) is 36.5 Å². The molecule has 0 bridgehead atoms. The Morgan fingerprint density at radius 2 is 1.76 bits per heavy atom. The lowest BCUT2D eigenvalue weighted by molar-refractivity contribution is -0.661. The quantitative estimate of drug-likeness (QED) is 0.590. The van der Waals surface area contributed by atoms with Gasteiger partial charge in [0, 0.05) is 21.3 Å². The molecule has 0 saturated heterocycles. The molecule has 2 aromatic rings. The summed E-state index contributed by atoms with van der Waals surface area (Å²) in [6, 6.07) is 10.7. The van der Waals surface area contributed by atoms with Crippen molar-refractivity contribution in [2.24, 2.45) is 7.05 Å². The zero-order chi connectivity index (χ0) is 20.7. The summed E-state index contributed by atoms with van der Waals surface area (Å²) in [6.45, 7) is 6.81. The molecule has 1 aromatic heterocycles. The Hall–Kier alpha value is -1.63. The van der Waals surface area contributed by atoms with E-state index < -0.39 is 12.3 Å². The van der Waals surface area contributed by atoms with Crippen LogP contribution in [0.2, 0.25) is 0 Å². The van der Waals surface area contributed by atoms with Crippen LogP contribution in [-0.2, 0) is 17.9 Å². The fraction of sp³-hybridized carbons (Fsp3) is 0.542. The van der Waals surface area contributed by atoms with Crippen molar-refractivity contribution in [3.8, 4) is 11.3 Å². The summed E-state index contributed by atoms with van der Waals surface area (Å²) in [5, 5.41) is 0. The summed E-state index contributed by atoms with van der Waals surface area (Å²) in [5.74, 6) is 0. The van der Waals surface area contributed by atoms with Crippen molar-refractivity contribution in [1.29, 1.82) is 0 Å². The van der Waals surface area contributed by atoms with E-state index >= 15 is 0 Å². The molecular formula is C24H34N+. The fourth-order valence-corrected chi connectivity index (χ4v) is 4.02. The molecule has 1 saturated carbocycles. The highest BCUT2D eigenvalue weighted by molar-refractivity contribution is 5.62. The molecule has 1 aliphatic carbocycles. The van der Waals surface area contributed by atoms with Crippen LogP contribution >= 0.6 is 0 Å². The lowest BCUT2D eigenvalue weighted by Crippen LogP contribution is -2.33. The molecular weight excluding hydrogens is 302 g/mol. The molecule has 0 spiro atoms. The summed E-state index contributed by atoms with van der Waals surface area (Å²) < 4.78 is 26.9. The number of rotatable bonds is 2. The zero-order valence-electron chi connectivity index (χ0n) is 19.4. The van der Waals surface area contributed by atoms with Crippen LogP contribution in [-0.4, -0.2) is 0 Å². The summed E-state index contributed by atoms with van der Waals surface area (Å²) in [4.78, 5) is 0. The van der Waals surface area contributed by atoms with E-state index in [2.05, 4.69) is 75.8 Å². The molecule has 0 aliphatic heterocycles. The highest BCUT2D eigenvalue weighted by atomic mass is 14.9. The second kappa shape index (κ2) is 6.59. The third-order valence-corrected chi connectivity index (χ3v) is 5.76. The number of aromatic nitrogens is 1. The third kappa shape index (κ3) is 3.66. The van der Waals surface area contributed by atoms with Gasteiger partial charge in [0.15, 0.2) is 6.20 Å². The number of nitrogens with zero attached hydrogens (tertiary/aromatic N) is 1. The van der Waals surface area contributed by atoms with Crippen molar-refractivity contribution in [3.63, 3.8) is 0 Å². The maximum absolute atomic E-state index is 8.25. The number of pyridine rings is 1. The average molecular weight is 340 g/mol. The van der Waals surface area contributed by atoms with Crippen molar-refractivity contribution >= 4 is 0 Å². The minimum Gasteiger partial charge on any atom is -0.201 e. The molecule has 1 aromatic carbocycles. The van der Waals surface area contributed by atoms with Crippen LogP contribution in [0, 0.1) is 6.92 Å². The second-order valence-corrected chi connectivity index (χ2v) is 8.84. The first-order valence-corrected chi connectivity index (χ1v) is 9.57. The predicted octanol–water partition coefficient (Wildman–Crippen LogP) is 6.01. The molecule has 1 fully saturated rings. The molecule has 3 rings (SSSR count). The number of aryl methyl sites for hydroxylation is 2. The Balaban J connectivity index is 2.04. The normalized spacial score (nSPS) is 19.8. The first-order valence-electron chi connectivity index (χ1n) is 11.1. The molecule has 1 aliphatic rings. The van der Waals surface area contributed by atoms with Gasteiger partial charge in [0.25, 0.3) is 0 Å². The molecule has 134 valence electrons. The van der Waals surface area contributed by atoms with Crippen LogP contribution in [0.4, 0.5) is 0 Å². The lowest BCUT2D eigenvalue weighted by atomic mass is 9.70. The van der Waals surface area contributed by atoms with Gasteiger partial charge < -0.3 is 0 Å². The van der Waals surface area contributed by atoms with Gasteiger partial charge in [0.2, 0.25) is 5.69 Å². The molecule has 0 N–H and O–H groups in total. The lowest BCUT2D eigenvalue weighted by Gasteiger charge is -2.34. The summed E-state index contributed by atoms with van der Waals surface area (Å²) in [5.41, 5.74) is 5.19. The van der Waals surface area contributed by atoms with Crippen LogP contribution < -0.4 is 4.57 Å². The van der Waals surface area contributed by atoms with E-state index in [9.17, 15) is 0 Å². The van der Waals surface area contributed by atoms with Crippen LogP contribution in [0.5, 0.6) is 0 Å². The van der Waals surface area contributed by atoms with E-state index in [1.54, 1.807) is 0 Å². The Kier molecular flexibility index (Phi) is 3.83. The van der Waals surface area contributed by atoms with Crippen LogP contribution in [0.3, 0.4) is 0 Å². The summed E-state index contributed by atoms with van der Waals surface area (Å²) in [6.07, 6.45) is 6.87. The van der Waals surface area contributed by atoms with Gasteiger partial charge in [-0.05, 0) is 53.9 Å². The first-order chi connectivity index (χ1) is 13.0. The first kappa shape index (κ1) is 14.5. The van der Waals surface area contributed by atoms with Gasteiger partial charge in [-0.1, -0.05) is 59.0 Å². The highest BCUT2D eigenvalue weighted by Gasteiger charge is 2.29. The largest absolute Gasteiger partial charge is 0.212 e. The topological polar surface area (TPSA) is 3.88 Å².